The van der Waals surface area contributed by atoms with Gasteiger partial charge in [0.15, 0.2) is 22.8 Å². The molecule has 4 aliphatic carbocycles. The maximum Gasteiger partial charge on any atom is 0.306 e. The van der Waals surface area contributed by atoms with Crippen LogP contribution in [0.2, 0.25) is 0 Å². The first-order valence-electron chi connectivity index (χ1n) is 26.0. The van der Waals surface area contributed by atoms with Crippen molar-refractivity contribution in [3.8, 4) is 22.3 Å². The summed E-state index contributed by atoms with van der Waals surface area (Å²) in [4.78, 5) is 122. The number of Topliss-reactive ketones (excluding diaryl/α,β-unsaturated/α-hetero) is 1. The van der Waals surface area contributed by atoms with Gasteiger partial charge in [0, 0.05) is 89.5 Å². The quantitative estimate of drug-likeness (QED) is 0.0799. The third kappa shape index (κ3) is 12.2. The van der Waals surface area contributed by atoms with Gasteiger partial charge in [0.05, 0.1) is 12.6 Å². The Morgan fingerprint density at radius 2 is 1.30 bits per heavy atom. The lowest BCUT2D eigenvalue weighted by molar-refractivity contribution is -0.228. The van der Waals surface area contributed by atoms with Crippen molar-refractivity contribution in [1.82, 2.24) is 41.2 Å². The summed E-state index contributed by atoms with van der Waals surface area (Å²) in [5, 5.41) is 19.8. The fourth-order valence-electron chi connectivity index (χ4n) is 12.0. The van der Waals surface area contributed by atoms with Gasteiger partial charge in [0.25, 0.3) is 5.91 Å². The molecule has 1 aromatic carbocycles. The number of aliphatic hydroxyl groups excluding tert-OH is 1. The molecule has 0 bridgehead atoms. The van der Waals surface area contributed by atoms with E-state index < -0.39 is 178 Å². The summed E-state index contributed by atoms with van der Waals surface area (Å²) in [6.45, 7) is 8.00. The Kier molecular flexibility index (Phi) is 18.3. The number of carbonyl (C=O) groups is 8. The average molecular weight is 1200 g/mol. The van der Waals surface area contributed by atoms with Gasteiger partial charge in [-0.1, -0.05) is 19.9 Å². The van der Waals surface area contributed by atoms with E-state index in [1.54, 1.807) is 19.9 Å². The predicted octanol–water partition coefficient (Wildman–Crippen LogP) is 3.42. The Labute approximate surface area is 475 Å². The lowest BCUT2D eigenvalue weighted by Gasteiger charge is -2.63. The highest BCUT2D eigenvalue weighted by molar-refractivity contribution is 8.13. The second-order valence-electron chi connectivity index (χ2n) is 21.9. The number of aromatic nitrogens is 4. The number of benzene rings is 1. The first kappa shape index (κ1) is 62.8. The molecule has 0 aliphatic heterocycles. The van der Waals surface area contributed by atoms with E-state index in [0.717, 1.165) is 24.7 Å². The van der Waals surface area contributed by atoms with Crippen molar-refractivity contribution < 1.29 is 78.2 Å². The van der Waals surface area contributed by atoms with Crippen LogP contribution in [-0.2, 0) is 58.0 Å². The van der Waals surface area contributed by atoms with Crippen LogP contribution in [0.5, 0.6) is 0 Å². The summed E-state index contributed by atoms with van der Waals surface area (Å²) in [7, 11) is -7.51. The number of carbonyl (C=O) groups excluding carboxylic acids is 8. The molecule has 4 aliphatic rings. The maximum absolute atomic E-state index is 17.8. The highest BCUT2D eigenvalue weighted by atomic mass is 32.2. The second kappa shape index (κ2) is 23.8. The number of halogens is 3. The third-order valence-corrected chi connectivity index (χ3v) is 18.7. The van der Waals surface area contributed by atoms with Crippen LogP contribution in [0.4, 0.5) is 13.2 Å². The highest BCUT2D eigenvalue weighted by Gasteiger charge is 2.78. The standard InChI is InChI=1S/C54H63F3N8O14S3/c1-27-14-38-39-19-41(56)40-18-36(66)12-13-51(40,5)53(39,57)42(68)20-52(38,6)54(27,48(74)80-26-55)79-43(69)11-9-10-37(67)25-58-44(70)28(2)63-45(71)29(3)64-46(72)30(4)65-47(73)33-16-31(34-21-59-49(60-22-34)81(7,75)76)15-32(17-33)35-23-61-50(62-24-35)82(8,77)78/h12-13,15-18,21-24,27-30,38-39,41-42,68H,9-11,14,19-20,25-26H2,1-8H3,(H,58,70)(H,63,71)(H,64,72)(H,65,73)/t27-,28+,29+,30+,38+,39+,41+,42+,51+,52+,53+,54+/m1/s1. The topological polar surface area (TPSA) is 334 Å². The van der Waals surface area contributed by atoms with E-state index in [1.165, 1.54) is 70.7 Å². The molecular weight excluding hydrogens is 1140 g/mol. The number of thioether (sulfide) groups is 1. The van der Waals surface area contributed by atoms with Crippen LogP contribution in [0.3, 0.4) is 0 Å². The van der Waals surface area contributed by atoms with Crippen molar-refractivity contribution >= 4 is 77.7 Å². The molecule has 82 heavy (non-hydrogen) atoms. The van der Waals surface area contributed by atoms with Gasteiger partial charge in [0.2, 0.25) is 52.8 Å². The van der Waals surface area contributed by atoms with Crippen molar-refractivity contribution in [2.24, 2.45) is 28.6 Å². The molecule has 3 saturated carbocycles. The van der Waals surface area contributed by atoms with Crippen molar-refractivity contribution in [1.29, 1.82) is 0 Å². The summed E-state index contributed by atoms with van der Waals surface area (Å²) >= 11 is 0.256. The van der Waals surface area contributed by atoms with E-state index in [2.05, 4.69) is 41.2 Å². The van der Waals surface area contributed by atoms with Crippen molar-refractivity contribution in [3.63, 3.8) is 0 Å². The van der Waals surface area contributed by atoms with E-state index in [9.17, 15) is 64.7 Å². The van der Waals surface area contributed by atoms with E-state index in [4.69, 9.17) is 4.74 Å². The molecule has 5 N–H and O–H groups in total. The molecule has 2 heterocycles. The van der Waals surface area contributed by atoms with Gasteiger partial charge < -0.3 is 31.1 Å². The van der Waals surface area contributed by atoms with E-state index in [1.807, 2.05) is 0 Å². The van der Waals surface area contributed by atoms with E-state index >= 15 is 8.78 Å². The van der Waals surface area contributed by atoms with E-state index in [-0.39, 0.29) is 53.3 Å². The molecule has 3 fully saturated rings. The number of hydrogen-bond donors (Lipinski definition) is 5. The van der Waals surface area contributed by atoms with Crippen LogP contribution in [-0.4, -0.2) is 155 Å². The molecule has 2 aromatic heterocycles. The normalized spacial score (nSPS) is 27.7. The van der Waals surface area contributed by atoms with Crippen LogP contribution < -0.4 is 21.3 Å². The molecule has 0 unspecified atom stereocenters. The number of rotatable bonds is 20. The first-order chi connectivity index (χ1) is 38.2. The largest absolute Gasteiger partial charge is 0.449 e. The molecule has 0 saturated heterocycles. The number of sulfone groups is 2. The molecule has 28 heteroatoms. The van der Waals surface area contributed by atoms with Crippen LogP contribution in [0.1, 0.15) is 90.4 Å². The summed E-state index contributed by atoms with van der Waals surface area (Å²) in [6, 6.07) is -0.578. The number of nitrogens with one attached hydrogen (secondary N) is 4. The molecule has 4 amide bonds. The number of esters is 1. The maximum atomic E-state index is 17.8. The number of aliphatic hydroxyl groups is 1. The lowest BCUT2D eigenvalue weighted by Crippen LogP contribution is -2.70. The van der Waals surface area contributed by atoms with Gasteiger partial charge in [0.1, 0.15) is 30.3 Å². The van der Waals surface area contributed by atoms with Gasteiger partial charge >= 0.3 is 5.97 Å². The Balaban J connectivity index is 0.905. The number of ether oxygens (including phenoxy) is 1. The molecule has 7 rings (SSSR count). The Morgan fingerprint density at radius 1 is 0.780 bits per heavy atom. The monoisotopic (exact) mass is 1200 g/mol. The zero-order chi connectivity index (χ0) is 60.7. The van der Waals surface area contributed by atoms with Crippen molar-refractivity contribution in [3.05, 3.63) is 72.4 Å². The minimum Gasteiger partial charge on any atom is -0.449 e. The smallest absolute Gasteiger partial charge is 0.306 e. The Bertz CT molecular complexity index is 3300. The molecule has 12 atom stereocenters. The van der Waals surface area contributed by atoms with Gasteiger partial charge in [-0.25, -0.2) is 49.9 Å². The van der Waals surface area contributed by atoms with Gasteiger partial charge in [-0.2, -0.15) is 0 Å². The summed E-state index contributed by atoms with van der Waals surface area (Å²) in [5.41, 5.74) is -6.71. The number of amides is 4. The van der Waals surface area contributed by atoms with Crippen LogP contribution in [0.15, 0.2) is 77.1 Å². The molecule has 3 aromatic rings. The molecule has 0 spiro atoms. The number of nitrogens with zero attached hydrogens (tertiary/aromatic N) is 4. The van der Waals surface area contributed by atoms with Crippen LogP contribution >= 0.6 is 11.8 Å². The van der Waals surface area contributed by atoms with Gasteiger partial charge in [-0.3, -0.25) is 38.4 Å². The summed E-state index contributed by atoms with van der Waals surface area (Å²) < 4.78 is 102. The fraction of sp³-hybridized carbons (Fsp3) is 0.519. The van der Waals surface area contributed by atoms with Gasteiger partial charge in [-0.05, 0) is 118 Å². The van der Waals surface area contributed by atoms with E-state index in [0.29, 0.717) is 11.1 Å². The third-order valence-electron chi connectivity index (χ3n) is 16.3. The van der Waals surface area contributed by atoms with Gasteiger partial charge in [-0.15, -0.1) is 0 Å². The zero-order valence-corrected chi connectivity index (χ0v) is 48.4. The second-order valence-corrected chi connectivity index (χ2v) is 26.6. The minimum absolute atomic E-state index is 0.0279. The number of alkyl halides is 3. The highest BCUT2D eigenvalue weighted by Crippen LogP contribution is 2.72. The predicted molar refractivity (Wildman–Crippen MR) is 289 cm³/mol. The fourth-order valence-corrected chi connectivity index (χ4v) is 13.8. The molecular formula is C54H63F3N8O14S3. The number of fused-ring (bicyclic) bond motifs is 5. The first-order valence-corrected chi connectivity index (χ1v) is 30.8. The average Bonchev–Trinajstić information content (AvgIpc) is 1.34. The minimum atomic E-state index is -3.76. The SMILES string of the molecule is C[C@H](NC(=O)c1cc(-c2cnc(S(C)(=O)=O)nc2)cc(-c2cnc(S(C)(=O)=O)nc2)c1)C(=O)N[C@@H](C)C(=O)N[C@@H](C)C(=O)NCC(=O)CCCC(=O)O[C@]1(C(=O)SCF)[C@H](C)C[C@H]2[C@@H]3C[C@H](F)C4=CC(=O)C=C[C@]4(C)[C@@]3(F)[C@@H](O)C[C@@]21C. The number of hydrogen-bond acceptors (Lipinski definition) is 19. The zero-order valence-electron chi connectivity index (χ0n) is 46.0. The Hall–Kier alpha value is -6.78. The molecule has 0 radical (unpaired) electrons. The number of allylic oxidation sites excluding steroid dienone is 4. The van der Waals surface area contributed by atoms with Crippen molar-refractivity contribution in [2.45, 2.75) is 132 Å². The lowest BCUT2D eigenvalue weighted by atomic mass is 9.44. The van der Waals surface area contributed by atoms with Crippen LogP contribution in [0, 0.1) is 28.6 Å². The summed E-state index contributed by atoms with van der Waals surface area (Å²) in [6.07, 6.45) is 5.00. The van der Waals surface area contributed by atoms with Crippen LogP contribution in [0.25, 0.3) is 22.3 Å². The molecule has 442 valence electrons. The summed E-state index contributed by atoms with van der Waals surface area (Å²) in [5.74, 6) is -8.10. The Morgan fingerprint density at radius 3 is 1.83 bits per heavy atom. The number of ketones is 2. The molecule has 22 nitrogen and oxygen atoms in total. The van der Waals surface area contributed by atoms with Crippen molar-refractivity contribution in [2.75, 3.05) is 25.1 Å².